The average Bonchev–Trinajstić information content (AvgIpc) is 2.23. The molecule has 2 rings (SSSR count). The quantitative estimate of drug-likeness (QED) is 0.790. The van der Waals surface area contributed by atoms with Crippen LogP contribution < -0.4 is 0 Å². The second-order valence-electron chi connectivity index (χ2n) is 6.77. The molecule has 1 amide bonds. The zero-order valence-electron chi connectivity index (χ0n) is 12.8. The Morgan fingerprint density at radius 3 is 2.25 bits per heavy atom. The number of hydrogen-bond donors (Lipinski definition) is 0. The summed E-state index contributed by atoms with van der Waals surface area (Å²) in [5.74, 6) is -0.732. The van der Waals surface area contributed by atoms with Crippen molar-refractivity contribution in [2.75, 3.05) is 13.1 Å². The van der Waals surface area contributed by atoms with Gasteiger partial charge in [-0.2, -0.15) is 0 Å². The number of nitrogens with zero attached hydrogens (tertiary/aromatic N) is 1. The summed E-state index contributed by atoms with van der Waals surface area (Å²) in [6, 6.07) is 4.71. The summed E-state index contributed by atoms with van der Waals surface area (Å²) >= 11 is 0. The minimum Gasteiger partial charge on any atom is -0.366 e. The zero-order valence-corrected chi connectivity index (χ0v) is 12.8. The predicted molar refractivity (Wildman–Crippen MR) is 76.3 cm³/mol. The number of amides is 1. The van der Waals surface area contributed by atoms with Crippen LogP contribution in [-0.4, -0.2) is 35.1 Å². The summed E-state index contributed by atoms with van der Waals surface area (Å²) < 4.78 is 19.9. The Hall–Kier alpha value is -1.42. The number of carbonyl (C=O) groups excluding carboxylic acids is 1. The standard InChI is InChI=1S/C16H22FNO2/c1-11-6-7-12(13(17)8-11)14(19)18-9-15(2,3)20-16(4,5)10-18/h6-8H,9-10H2,1-5H3. The molecular formula is C16H22FNO2. The summed E-state index contributed by atoms with van der Waals surface area (Å²) in [6.07, 6.45) is 0. The lowest BCUT2D eigenvalue weighted by Crippen LogP contribution is -2.58. The Morgan fingerprint density at radius 1 is 1.20 bits per heavy atom. The van der Waals surface area contributed by atoms with Gasteiger partial charge in [0, 0.05) is 13.1 Å². The molecule has 3 nitrogen and oxygen atoms in total. The van der Waals surface area contributed by atoms with Crippen LogP contribution in [0.1, 0.15) is 43.6 Å². The highest BCUT2D eigenvalue weighted by Crippen LogP contribution is 2.29. The van der Waals surface area contributed by atoms with Crippen LogP contribution in [0, 0.1) is 12.7 Å². The molecule has 110 valence electrons. The van der Waals surface area contributed by atoms with Crippen molar-refractivity contribution in [3.8, 4) is 0 Å². The fourth-order valence-electron chi connectivity index (χ4n) is 2.90. The molecule has 4 heteroatoms. The number of rotatable bonds is 1. The third-order valence-corrected chi connectivity index (χ3v) is 3.34. The lowest BCUT2D eigenvalue weighted by Gasteiger charge is -2.47. The number of aryl methyl sites for hydroxylation is 1. The van der Waals surface area contributed by atoms with E-state index in [1.807, 2.05) is 27.7 Å². The van der Waals surface area contributed by atoms with E-state index in [2.05, 4.69) is 0 Å². The van der Waals surface area contributed by atoms with Crippen LogP contribution in [-0.2, 0) is 4.74 Å². The van der Waals surface area contributed by atoms with Gasteiger partial charge in [-0.25, -0.2) is 4.39 Å². The molecule has 0 atom stereocenters. The summed E-state index contributed by atoms with van der Waals surface area (Å²) in [6.45, 7) is 10.5. The number of halogens is 1. The maximum atomic E-state index is 14.0. The van der Waals surface area contributed by atoms with Gasteiger partial charge in [0.2, 0.25) is 0 Å². The van der Waals surface area contributed by atoms with Crippen LogP contribution in [0.15, 0.2) is 18.2 Å². The molecule has 0 bridgehead atoms. The molecule has 0 spiro atoms. The van der Waals surface area contributed by atoms with Gasteiger partial charge in [-0.15, -0.1) is 0 Å². The van der Waals surface area contributed by atoms with Crippen LogP contribution in [0.5, 0.6) is 0 Å². The van der Waals surface area contributed by atoms with Crippen molar-refractivity contribution in [3.05, 3.63) is 35.1 Å². The largest absolute Gasteiger partial charge is 0.366 e. The molecule has 1 aromatic rings. The topological polar surface area (TPSA) is 29.5 Å². The molecule has 1 aromatic carbocycles. The first-order valence-corrected chi connectivity index (χ1v) is 6.85. The lowest BCUT2D eigenvalue weighted by atomic mass is 9.98. The smallest absolute Gasteiger partial charge is 0.257 e. The first kappa shape index (κ1) is 15.0. The van der Waals surface area contributed by atoms with Gasteiger partial charge in [0.15, 0.2) is 0 Å². The third kappa shape index (κ3) is 3.18. The van der Waals surface area contributed by atoms with Gasteiger partial charge < -0.3 is 9.64 Å². The second kappa shape index (κ2) is 4.85. The van der Waals surface area contributed by atoms with E-state index >= 15 is 0 Å². The monoisotopic (exact) mass is 279 g/mol. The van der Waals surface area contributed by atoms with Crippen molar-refractivity contribution in [3.63, 3.8) is 0 Å². The van der Waals surface area contributed by atoms with Crippen LogP contribution in [0.4, 0.5) is 4.39 Å². The van der Waals surface area contributed by atoms with Gasteiger partial charge in [-0.3, -0.25) is 4.79 Å². The maximum absolute atomic E-state index is 14.0. The van der Waals surface area contributed by atoms with E-state index < -0.39 is 17.0 Å². The Labute approximate surface area is 119 Å². The van der Waals surface area contributed by atoms with Crippen molar-refractivity contribution in [2.24, 2.45) is 0 Å². The molecule has 0 saturated carbocycles. The summed E-state index contributed by atoms with van der Waals surface area (Å²) in [4.78, 5) is 14.2. The van der Waals surface area contributed by atoms with Gasteiger partial charge >= 0.3 is 0 Å². The summed E-state index contributed by atoms with van der Waals surface area (Å²) in [5.41, 5.74) is 0.0720. The molecule has 0 N–H and O–H groups in total. The van der Waals surface area contributed by atoms with Crippen LogP contribution in [0.3, 0.4) is 0 Å². The van der Waals surface area contributed by atoms with Crippen molar-refractivity contribution in [1.82, 2.24) is 4.90 Å². The van der Waals surface area contributed by atoms with Gasteiger partial charge in [-0.1, -0.05) is 6.07 Å². The zero-order chi connectivity index (χ0) is 15.1. The Kier molecular flexibility index (Phi) is 3.63. The van der Waals surface area contributed by atoms with Crippen molar-refractivity contribution in [2.45, 2.75) is 45.8 Å². The van der Waals surface area contributed by atoms with Crippen LogP contribution in [0.25, 0.3) is 0 Å². The molecule has 1 aliphatic heterocycles. The Bertz CT molecular complexity index is 521. The number of benzene rings is 1. The summed E-state index contributed by atoms with van der Waals surface area (Å²) in [5, 5.41) is 0. The molecule has 0 unspecified atom stereocenters. The number of hydrogen-bond acceptors (Lipinski definition) is 2. The van der Waals surface area contributed by atoms with E-state index in [9.17, 15) is 9.18 Å². The van der Waals surface area contributed by atoms with Crippen LogP contribution >= 0.6 is 0 Å². The minimum atomic E-state index is -0.461. The van der Waals surface area contributed by atoms with E-state index in [0.717, 1.165) is 5.56 Å². The highest BCUT2D eigenvalue weighted by atomic mass is 19.1. The van der Waals surface area contributed by atoms with Gasteiger partial charge in [0.05, 0.1) is 16.8 Å². The molecule has 20 heavy (non-hydrogen) atoms. The Morgan fingerprint density at radius 2 is 1.75 bits per heavy atom. The van der Waals surface area contributed by atoms with E-state index in [-0.39, 0.29) is 11.5 Å². The van der Waals surface area contributed by atoms with Gasteiger partial charge in [0.1, 0.15) is 5.82 Å². The highest BCUT2D eigenvalue weighted by molar-refractivity contribution is 5.94. The van der Waals surface area contributed by atoms with Gasteiger partial charge in [0.25, 0.3) is 5.91 Å². The number of ether oxygens (including phenoxy) is 1. The molecule has 1 heterocycles. The van der Waals surface area contributed by atoms with Crippen molar-refractivity contribution >= 4 is 5.91 Å². The molecule has 0 aliphatic carbocycles. The second-order valence-corrected chi connectivity index (χ2v) is 6.77. The highest BCUT2D eigenvalue weighted by Gasteiger charge is 2.40. The predicted octanol–water partition coefficient (Wildman–Crippen LogP) is 3.16. The molecule has 1 saturated heterocycles. The Balaban J connectivity index is 2.28. The van der Waals surface area contributed by atoms with E-state index in [0.29, 0.717) is 13.1 Å². The SMILES string of the molecule is Cc1ccc(C(=O)N2CC(C)(C)OC(C)(C)C2)c(F)c1. The number of morpholine rings is 1. The lowest BCUT2D eigenvalue weighted by molar-refractivity contribution is -0.171. The van der Waals surface area contributed by atoms with E-state index in [1.54, 1.807) is 24.0 Å². The maximum Gasteiger partial charge on any atom is 0.257 e. The summed E-state index contributed by atoms with van der Waals surface area (Å²) in [7, 11) is 0. The molecule has 0 aromatic heterocycles. The first-order chi connectivity index (χ1) is 9.10. The number of carbonyl (C=O) groups is 1. The molecular weight excluding hydrogens is 257 g/mol. The molecule has 0 radical (unpaired) electrons. The fourth-order valence-corrected chi connectivity index (χ4v) is 2.90. The average molecular weight is 279 g/mol. The van der Waals surface area contributed by atoms with Crippen LogP contribution in [0.2, 0.25) is 0 Å². The fraction of sp³-hybridized carbons (Fsp3) is 0.562. The van der Waals surface area contributed by atoms with Crippen molar-refractivity contribution in [1.29, 1.82) is 0 Å². The van der Waals surface area contributed by atoms with Gasteiger partial charge in [-0.05, 0) is 52.3 Å². The van der Waals surface area contributed by atoms with Crippen molar-refractivity contribution < 1.29 is 13.9 Å². The molecule has 1 aliphatic rings. The minimum absolute atomic E-state index is 0.129. The van der Waals surface area contributed by atoms with E-state index in [4.69, 9.17) is 4.74 Å². The molecule has 1 fully saturated rings. The normalized spacial score (nSPS) is 20.8. The first-order valence-electron chi connectivity index (χ1n) is 6.85. The van der Waals surface area contributed by atoms with E-state index in [1.165, 1.54) is 6.07 Å². The third-order valence-electron chi connectivity index (χ3n) is 3.34.